The van der Waals surface area contributed by atoms with Gasteiger partial charge in [-0.2, -0.15) is 0 Å². The van der Waals surface area contributed by atoms with Gasteiger partial charge >= 0.3 is 0 Å². The highest BCUT2D eigenvalue weighted by Gasteiger charge is 2.27. The second kappa shape index (κ2) is 10.4. The first-order valence-corrected chi connectivity index (χ1v) is 12.7. The molecule has 1 aliphatic rings. The van der Waals surface area contributed by atoms with Crippen molar-refractivity contribution in [3.05, 3.63) is 64.0 Å². The second-order valence-electron chi connectivity index (χ2n) is 9.29. The van der Waals surface area contributed by atoms with E-state index < -0.39 is 6.10 Å². The number of rotatable bonds is 8. The summed E-state index contributed by atoms with van der Waals surface area (Å²) in [5.41, 5.74) is 5.91. The average molecular weight is 521 g/mol. The second-order valence-corrected chi connectivity index (χ2v) is 9.70. The maximum Gasteiger partial charge on any atom is 0.163 e. The topological polar surface area (TPSA) is 110 Å². The van der Waals surface area contributed by atoms with E-state index in [0.29, 0.717) is 47.4 Å². The van der Waals surface area contributed by atoms with E-state index in [1.54, 1.807) is 18.5 Å². The van der Waals surface area contributed by atoms with E-state index in [1.807, 2.05) is 40.0 Å². The molecule has 37 heavy (non-hydrogen) atoms. The number of fused-ring (bicyclic) bond motifs is 1. The fourth-order valence-corrected chi connectivity index (χ4v) is 4.82. The lowest BCUT2D eigenvalue weighted by molar-refractivity contribution is 0.0994. The molecule has 1 N–H and O–H groups in total. The number of aliphatic hydroxyl groups is 1. The molecule has 0 saturated heterocycles. The molecular weight excluding hydrogens is 492 g/mol. The summed E-state index contributed by atoms with van der Waals surface area (Å²) in [4.78, 5) is 20.7. The van der Waals surface area contributed by atoms with Crippen molar-refractivity contribution in [1.82, 2.24) is 25.1 Å². The molecule has 3 aromatic heterocycles. The van der Waals surface area contributed by atoms with Crippen LogP contribution >= 0.6 is 11.6 Å². The van der Waals surface area contributed by atoms with Crippen molar-refractivity contribution in [3.63, 3.8) is 0 Å². The van der Waals surface area contributed by atoms with Crippen molar-refractivity contribution < 1.29 is 14.4 Å². The van der Waals surface area contributed by atoms with Crippen LogP contribution in [0.2, 0.25) is 5.02 Å². The average Bonchev–Trinajstić information content (AvgIpc) is 3.46. The van der Waals surface area contributed by atoms with Crippen LogP contribution in [0.4, 0.5) is 5.82 Å². The Morgan fingerprint density at radius 3 is 2.76 bits per heavy atom. The van der Waals surface area contributed by atoms with E-state index >= 15 is 0 Å². The van der Waals surface area contributed by atoms with Crippen LogP contribution in [0.25, 0.3) is 22.6 Å². The molecule has 0 radical (unpaired) electrons. The van der Waals surface area contributed by atoms with Gasteiger partial charge in [0.05, 0.1) is 40.3 Å². The number of anilines is 1. The Labute approximate surface area is 220 Å². The van der Waals surface area contributed by atoms with E-state index in [4.69, 9.17) is 30.8 Å². The van der Waals surface area contributed by atoms with Crippen LogP contribution < -0.4 is 9.64 Å². The third kappa shape index (κ3) is 5.01. The molecule has 0 fully saturated rings. The van der Waals surface area contributed by atoms with Crippen LogP contribution in [0.3, 0.4) is 0 Å². The summed E-state index contributed by atoms with van der Waals surface area (Å²) >= 11 is 6.66. The van der Waals surface area contributed by atoms with Crippen LogP contribution in [0, 0.1) is 20.8 Å². The molecule has 0 aliphatic carbocycles. The summed E-state index contributed by atoms with van der Waals surface area (Å²) in [6, 6.07) is 5.36. The fourth-order valence-electron chi connectivity index (χ4n) is 4.62. The van der Waals surface area contributed by atoms with Gasteiger partial charge in [0.2, 0.25) is 0 Å². The van der Waals surface area contributed by atoms with Gasteiger partial charge in [-0.25, -0.2) is 19.9 Å². The van der Waals surface area contributed by atoms with Crippen LogP contribution in [-0.2, 0) is 13.1 Å². The number of aromatic nitrogens is 5. The van der Waals surface area contributed by atoms with E-state index in [0.717, 1.165) is 46.0 Å². The Hall–Kier alpha value is -3.56. The summed E-state index contributed by atoms with van der Waals surface area (Å²) in [7, 11) is 0. The molecule has 5 rings (SSSR count). The zero-order valence-corrected chi connectivity index (χ0v) is 22.1. The van der Waals surface area contributed by atoms with E-state index in [-0.39, 0.29) is 6.61 Å². The molecular formula is C27H29ClN6O3. The number of ether oxygens (including phenoxy) is 1. The molecule has 10 heteroatoms. The van der Waals surface area contributed by atoms with Gasteiger partial charge in [-0.1, -0.05) is 30.1 Å². The summed E-state index contributed by atoms with van der Waals surface area (Å²) in [5.74, 6) is 2.50. The summed E-state index contributed by atoms with van der Waals surface area (Å²) < 4.78 is 11.3. The molecule has 0 saturated carbocycles. The molecule has 0 unspecified atom stereocenters. The summed E-state index contributed by atoms with van der Waals surface area (Å²) in [5, 5.41) is 14.7. The van der Waals surface area contributed by atoms with Crippen LogP contribution in [0.5, 0.6) is 5.75 Å². The Morgan fingerprint density at radius 2 is 2.03 bits per heavy atom. The molecule has 0 bridgehead atoms. The first-order chi connectivity index (χ1) is 17.9. The van der Waals surface area contributed by atoms with Gasteiger partial charge in [-0.05, 0) is 45.4 Å². The quantitative estimate of drug-likeness (QED) is 0.334. The smallest absolute Gasteiger partial charge is 0.163 e. The molecule has 9 nitrogen and oxygen atoms in total. The third-order valence-electron chi connectivity index (χ3n) is 6.52. The van der Waals surface area contributed by atoms with E-state index in [2.05, 4.69) is 20.0 Å². The van der Waals surface area contributed by atoms with Crippen molar-refractivity contribution in [2.75, 3.05) is 11.5 Å². The highest BCUT2D eigenvalue weighted by Crippen LogP contribution is 2.38. The van der Waals surface area contributed by atoms with Gasteiger partial charge in [-0.15, -0.1) is 0 Å². The standard InChI is InChI=1S/C27H29ClN6O3/c1-5-6-19(35)13-36-20-7-8-22(28)21(9-20)26-31-25(24-16(3)33-37-17(24)4)15(2)27(32-26)34-11-18-10-29-14-30-23(18)12-34/h7-10,14,19,35H,5-6,11-13H2,1-4H3/t19-/m1/s1. The highest BCUT2D eigenvalue weighted by molar-refractivity contribution is 6.33. The zero-order valence-electron chi connectivity index (χ0n) is 21.3. The molecule has 1 atom stereocenters. The number of aliphatic hydroxyl groups excluding tert-OH is 1. The lowest BCUT2D eigenvalue weighted by atomic mass is 10.0. The van der Waals surface area contributed by atoms with Crippen LogP contribution in [0.15, 0.2) is 35.2 Å². The van der Waals surface area contributed by atoms with Crippen molar-refractivity contribution in [2.45, 2.75) is 59.7 Å². The molecule has 0 amide bonds. The Kier molecular flexibility index (Phi) is 7.08. The number of nitrogens with zero attached hydrogens (tertiary/aromatic N) is 6. The maximum absolute atomic E-state index is 10.1. The maximum atomic E-state index is 10.1. The van der Waals surface area contributed by atoms with Crippen molar-refractivity contribution in [1.29, 1.82) is 0 Å². The Bertz CT molecular complexity index is 1400. The lowest BCUT2D eigenvalue weighted by Gasteiger charge is -2.22. The molecule has 0 spiro atoms. The Morgan fingerprint density at radius 1 is 1.19 bits per heavy atom. The molecule has 4 heterocycles. The van der Waals surface area contributed by atoms with Gasteiger partial charge in [0.1, 0.15) is 30.3 Å². The van der Waals surface area contributed by atoms with Crippen LogP contribution in [-0.4, -0.2) is 42.9 Å². The monoisotopic (exact) mass is 520 g/mol. The third-order valence-corrected chi connectivity index (χ3v) is 6.85. The van der Waals surface area contributed by atoms with E-state index in [9.17, 15) is 5.11 Å². The SMILES string of the molecule is CCC[C@@H](O)COc1ccc(Cl)c(-c2nc(-c3c(C)noc3C)c(C)c(N3Cc4cncnc4C3)n2)c1. The van der Waals surface area contributed by atoms with Crippen LogP contribution in [0.1, 0.15) is 48.0 Å². The first kappa shape index (κ1) is 25.1. The summed E-state index contributed by atoms with van der Waals surface area (Å²) in [6.45, 7) is 9.26. The normalized spacial score (nSPS) is 13.6. The number of benzene rings is 1. The fraction of sp³-hybridized carbons (Fsp3) is 0.370. The van der Waals surface area contributed by atoms with Gasteiger partial charge < -0.3 is 19.3 Å². The lowest BCUT2D eigenvalue weighted by Crippen LogP contribution is -2.19. The molecule has 1 aliphatic heterocycles. The highest BCUT2D eigenvalue weighted by atomic mass is 35.5. The molecule has 4 aromatic rings. The molecule has 1 aromatic carbocycles. The first-order valence-electron chi connectivity index (χ1n) is 12.3. The number of hydrogen-bond donors (Lipinski definition) is 1. The number of hydrogen-bond acceptors (Lipinski definition) is 9. The van der Waals surface area contributed by atoms with Gasteiger partial charge in [0.25, 0.3) is 0 Å². The van der Waals surface area contributed by atoms with Crippen molar-refractivity contribution in [3.8, 4) is 28.4 Å². The van der Waals surface area contributed by atoms with E-state index in [1.165, 1.54) is 0 Å². The minimum Gasteiger partial charge on any atom is -0.491 e. The zero-order chi connectivity index (χ0) is 26.1. The predicted octanol–water partition coefficient (Wildman–Crippen LogP) is 5.23. The van der Waals surface area contributed by atoms with Gasteiger partial charge in [-0.3, -0.25) is 0 Å². The molecule has 192 valence electrons. The predicted molar refractivity (Wildman–Crippen MR) is 141 cm³/mol. The van der Waals surface area contributed by atoms with Crippen molar-refractivity contribution >= 4 is 17.4 Å². The number of halogens is 1. The minimum atomic E-state index is -0.530. The van der Waals surface area contributed by atoms with Gasteiger partial charge in [0.15, 0.2) is 5.82 Å². The van der Waals surface area contributed by atoms with Crippen molar-refractivity contribution in [2.24, 2.45) is 0 Å². The number of aryl methyl sites for hydroxylation is 2. The van der Waals surface area contributed by atoms with Gasteiger partial charge in [0, 0.05) is 29.4 Å². The summed E-state index contributed by atoms with van der Waals surface area (Å²) in [6.07, 6.45) is 4.44. The largest absolute Gasteiger partial charge is 0.491 e. The Balaban J connectivity index is 1.60. The minimum absolute atomic E-state index is 0.201.